The summed E-state index contributed by atoms with van der Waals surface area (Å²) < 4.78 is 10.7. The zero-order valence-corrected chi connectivity index (χ0v) is 19.3. The van der Waals surface area contributed by atoms with Crippen LogP contribution < -0.4 is 4.98 Å². The van der Waals surface area contributed by atoms with Gasteiger partial charge >= 0.3 is 11.9 Å². The van der Waals surface area contributed by atoms with Crippen LogP contribution in [0.2, 0.25) is 39.3 Å². The highest BCUT2D eigenvalue weighted by molar-refractivity contribution is 8.00. The van der Waals surface area contributed by atoms with Crippen LogP contribution in [0.4, 0.5) is 0 Å². The van der Waals surface area contributed by atoms with Gasteiger partial charge in [-0.25, -0.2) is 4.79 Å². The number of amides is 1. The standard InChI is InChI=1S/C16H28N2O5SSi2/c1-10(19)22-8-11-9-24-15-12(17-25(2,3)4)14(20)18(15)13(11)16(21)23-26(5,6)7/h12,15,17H,8-9H2,1-7H3/t12-,15+/m0/s1. The molecule has 1 N–H and O–H groups in total. The van der Waals surface area contributed by atoms with E-state index in [0.29, 0.717) is 11.3 Å². The summed E-state index contributed by atoms with van der Waals surface area (Å²) in [6.07, 6.45) is 0. The van der Waals surface area contributed by atoms with Crippen LogP contribution in [0.15, 0.2) is 11.3 Å². The van der Waals surface area contributed by atoms with Crippen LogP contribution in [0, 0.1) is 0 Å². The van der Waals surface area contributed by atoms with Crippen LogP contribution in [-0.2, 0) is 23.5 Å². The highest BCUT2D eigenvalue weighted by Crippen LogP contribution is 2.41. The van der Waals surface area contributed by atoms with Gasteiger partial charge in [-0.1, -0.05) is 19.6 Å². The Morgan fingerprint density at radius 2 is 1.85 bits per heavy atom. The zero-order chi connectivity index (χ0) is 19.9. The van der Waals surface area contributed by atoms with E-state index in [2.05, 4.69) is 24.6 Å². The van der Waals surface area contributed by atoms with Crippen LogP contribution in [-0.4, -0.2) is 63.1 Å². The molecule has 2 heterocycles. The maximum Gasteiger partial charge on any atom is 0.341 e. The maximum absolute atomic E-state index is 12.8. The zero-order valence-electron chi connectivity index (χ0n) is 16.5. The molecule has 0 unspecified atom stereocenters. The van der Waals surface area contributed by atoms with E-state index in [0.717, 1.165) is 0 Å². The summed E-state index contributed by atoms with van der Waals surface area (Å²) in [4.78, 5) is 41.7. The predicted octanol–water partition coefficient (Wildman–Crippen LogP) is 1.89. The molecule has 0 bridgehead atoms. The molecule has 10 heteroatoms. The van der Waals surface area contributed by atoms with Gasteiger partial charge in [0.15, 0.2) is 0 Å². The van der Waals surface area contributed by atoms with Crippen molar-refractivity contribution in [2.24, 2.45) is 0 Å². The second kappa shape index (κ2) is 7.49. The van der Waals surface area contributed by atoms with E-state index in [1.165, 1.54) is 11.8 Å². The third kappa shape index (κ3) is 4.99. The lowest BCUT2D eigenvalue weighted by Crippen LogP contribution is -2.73. The van der Waals surface area contributed by atoms with Gasteiger partial charge in [0, 0.05) is 18.2 Å². The topological polar surface area (TPSA) is 84.9 Å². The summed E-state index contributed by atoms with van der Waals surface area (Å²) in [6, 6.07) is -0.281. The molecule has 1 amide bonds. The first-order valence-corrected chi connectivity index (χ1v) is 16.6. The number of thioether (sulfide) groups is 1. The molecule has 1 saturated heterocycles. The third-order valence-corrected chi connectivity index (χ3v) is 6.99. The van der Waals surface area contributed by atoms with Gasteiger partial charge in [0.2, 0.25) is 14.2 Å². The third-order valence-electron chi connectivity index (χ3n) is 3.68. The van der Waals surface area contributed by atoms with Crippen molar-refractivity contribution in [2.45, 2.75) is 57.6 Å². The smallest absolute Gasteiger partial charge is 0.341 e. The van der Waals surface area contributed by atoms with Crippen LogP contribution >= 0.6 is 11.8 Å². The molecule has 2 aliphatic rings. The Morgan fingerprint density at radius 3 is 2.35 bits per heavy atom. The number of carbonyl (C=O) groups excluding carboxylic acids is 3. The van der Waals surface area contributed by atoms with E-state index in [1.54, 1.807) is 11.8 Å². The van der Waals surface area contributed by atoms with Gasteiger partial charge in [-0.15, -0.1) is 11.8 Å². The van der Waals surface area contributed by atoms with Crippen molar-refractivity contribution < 1.29 is 23.5 Å². The van der Waals surface area contributed by atoms with E-state index in [1.807, 2.05) is 19.6 Å². The molecule has 26 heavy (non-hydrogen) atoms. The largest absolute Gasteiger partial charge is 0.515 e. The average molecular weight is 417 g/mol. The lowest BCUT2D eigenvalue weighted by atomic mass is 10.0. The second-order valence-electron chi connectivity index (χ2n) is 8.52. The minimum Gasteiger partial charge on any atom is -0.515 e. The molecule has 0 aromatic rings. The number of fused-ring (bicyclic) bond motifs is 1. The highest BCUT2D eigenvalue weighted by Gasteiger charge is 2.54. The molecular formula is C16H28N2O5SSi2. The van der Waals surface area contributed by atoms with Crippen molar-refractivity contribution >= 4 is 46.2 Å². The van der Waals surface area contributed by atoms with Gasteiger partial charge in [0.1, 0.15) is 32.0 Å². The molecule has 0 aliphatic carbocycles. The fourth-order valence-electron chi connectivity index (χ4n) is 2.76. The average Bonchev–Trinajstić information content (AvgIpc) is 2.46. The van der Waals surface area contributed by atoms with E-state index in [9.17, 15) is 14.4 Å². The van der Waals surface area contributed by atoms with Gasteiger partial charge in [0.05, 0.1) is 0 Å². The number of ether oxygens (including phenoxy) is 1. The first kappa shape index (κ1) is 21.2. The van der Waals surface area contributed by atoms with Gasteiger partial charge in [0.25, 0.3) is 0 Å². The molecular weight excluding hydrogens is 388 g/mol. The maximum atomic E-state index is 12.8. The number of nitrogens with one attached hydrogen (secondary N) is 1. The fraction of sp³-hybridized carbons (Fsp3) is 0.688. The van der Waals surface area contributed by atoms with Crippen LogP contribution in [0.5, 0.6) is 0 Å². The van der Waals surface area contributed by atoms with E-state index >= 15 is 0 Å². The highest BCUT2D eigenvalue weighted by atomic mass is 32.2. The van der Waals surface area contributed by atoms with Crippen molar-refractivity contribution in [3.8, 4) is 0 Å². The first-order valence-electron chi connectivity index (χ1n) is 8.61. The van der Waals surface area contributed by atoms with Crippen molar-refractivity contribution in [3.63, 3.8) is 0 Å². The number of hydrogen-bond donors (Lipinski definition) is 1. The summed E-state index contributed by atoms with van der Waals surface area (Å²) in [5.74, 6) is -0.499. The first-order chi connectivity index (χ1) is 11.8. The van der Waals surface area contributed by atoms with Crippen LogP contribution in [0.25, 0.3) is 0 Å². The minimum absolute atomic E-state index is 0.00107. The number of esters is 1. The lowest BCUT2D eigenvalue weighted by molar-refractivity contribution is -0.148. The molecule has 1 fully saturated rings. The fourth-order valence-corrected chi connectivity index (χ4v) is 6.08. The van der Waals surface area contributed by atoms with Gasteiger partial charge in [-0.05, 0) is 19.6 Å². The molecule has 2 atom stereocenters. The van der Waals surface area contributed by atoms with E-state index in [4.69, 9.17) is 9.16 Å². The number of carbonyl (C=O) groups is 3. The summed E-state index contributed by atoms with van der Waals surface area (Å²) in [7, 11) is -3.78. The number of hydrogen-bond acceptors (Lipinski definition) is 7. The Labute approximate surface area is 161 Å². The summed E-state index contributed by atoms with van der Waals surface area (Å²) in [6.45, 7) is 13.5. The Balaban J connectivity index is 2.30. The minimum atomic E-state index is -2.13. The normalized spacial score (nSPS) is 23.3. The molecule has 2 aliphatic heterocycles. The Hall–Kier alpha value is -1.11. The molecule has 2 rings (SSSR count). The molecule has 0 aromatic carbocycles. The van der Waals surface area contributed by atoms with Gasteiger partial charge < -0.3 is 14.1 Å². The number of β-lactam (4-membered cyclic amide) rings is 1. The van der Waals surface area contributed by atoms with E-state index < -0.39 is 28.5 Å². The number of nitrogens with zero attached hydrogens (tertiary/aromatic N) is 1. The molecule has 7 nitrogen and oxygen atoms in total. The van der Waals surface area contributed by atoms with Crippen LogP contribution in [0.1, 0.15) is 6.92 Å². The van der Waals surface area contributed by atoms with Crippen molar-refractivity contribution in [2.75, 3.05) is 12.4 Å². The molecule has 0 saturated carbocycles. The monoisotopic (exact) mass is 416 g/mol. The molecule has 0 aromatic heterocycles. The predicted molar refractivity (Wildman–Crippen MR) is 106 cm³/mol. The summed E-state index contributed by atoms with van der Waals surface area (Å²) in [5, 5.41) is -0.125. The molecule has 0 spiro atoms. The summed E-state index contributed by atoms with van der Waals surface area (Å²) >= 11 is 1.58. The Bertz CT molecular complexity index is 654. The van der Waals surface area contributed by atoms with Crippen molar-refractivity contribution in [1.29, 1.82) is 0 Å². The lowest BCUT2D eigenvalue weighted by Gasteiger charge is -2.51. The number of rotatable bonds is 6. The van der Waals surface area contributed by atoms with Gasteiger partial charge in [-0.3, -0.25) is 14.5 Å². The van der Waals surface area contributed by atoms with Crippen LogP contribution in [0.3, 0.4) is 0 Å². The van der Waals surface area contributed by atoms with Crippen molar-refractivity contribution in [1.82, 2.24) is 9.88 Å². The SMILES string of the molecule is CC(=O)OCC1=C(C(=O)O[Si](C)(C)C)N2C(=O)[C@H](N[Si](C)(C)C)[C@H]2SC1. The van der Waals surface area contributed by atoms with Gasteiger partial charge in [-0.2, -0.15) is 0 Å². The molecule has 0 radical (unpaired) electrons. The Kier molecular flexibility index (Phi) is 6.11. The molecule has 146 valence electrons. The Morgan fingerprint density at radius 1 is 1.23 bits per heavy atom. The van der Waals surface area contributed by atoms with E-state index in [-0.39, 0.29) is 29.6 Å². The summed E-state index contributed by atoms with van der Waals surface area (Å²) in [5.41, 5.74) is 0.889. The van der Waals surface area contributed by atoms with Crippen molar-refractivity contribution in [3.05, 3.63) is 11.3 Å². The second-order valence-corrected chi connectivity index (χ2v) is 18.8. The quantitative estimate of drug-likeness (QED) is 0.402.